The van der Waals surface area contributed by atoms with E-state index in [1.807, 2.05) is 0 Å². The summed E-state index contributed by atoms with van der Waals surface area (Å²) in [6, 6.07) is -0.811. The van der Waals surface area contributed by atoms with Crippen LogP contribution in [0.5, 0.6) is 0 Å². The number of ether oxygens (including phenoxy) is 3. The van der Waals surface area contributed by atoms with Gasteiger partial charge in [0.25, 0.3) is 0 Å². The molecule has 0 unspecified atom stereocenters. The van der Waals surface area contributed by atoms with Gasteiger partial charge in [-0.15, -0.1) is 0 Å². The van der Waals surface area contributed by atoms with Gasteiger partial charge in [-0.25, -0.2) is 14.4 Å². The van der Waals surface area contributed by atoms with Gasteiger partial charge in [-0.3, -0.25) is 9.69 Å². The second kappa shape index (κ2) is 7.77. The number of Topliss-reactive ketones (excluding diaryl/α,β-unsaturated/α-hetero) is 1. The van der Waals surface area contributed by atoms with Gasteiger partial charge in [-0.2, -0.15) is 0 Å². The van der Waals surface area contributed by atoms with Crippen molar-refractivity contribution >= 4 is 23.8 Å². The molecule has 0 saturated carbocycles. The van der Waals surface area contributed by atoms with E-state index in [1.165, 1.54) is 18.7 Å². The molecule has 0 aliphatic carbocycles. The quantitative estimate of drug-likeness (QED) is 0.401. The number of nitrogens with zero attached hydrogens (tertiary/aromatic N) is 1. The molecular formula is C20H27NO7. The second-order valence-electron chi connectivity index (χ2n) is 7.80. The average Bonchev–Trinajstić information content (AvgIpc) is 2.84. The maximum atomic E-state index is 12.8. The summed E-state index contributed by atoms with van der Waals surface area (Å²) in [5.41, 5.74) is -1.79. The number of amides is 1. The van der Waals surface area contributed by atoms with Gasteiger partial charge in [0.15, 0.2) is 11.9 Å². The van der Waals surface area contributed by atoms with Gasteiger partial charge >= 0.3 is 18.0 Å². The number of carbonyl (C=O) groups excluding carboxylic acids is 4. The number of hydrogen-bond donors (Lipinski definition) is 0. The first kappa shape index (κ1) is 21.7. The fraction of sp³-hybridized carbons (Fsp3) is 0.600. The molecule has 0 spiro atoms. The summed E-state index contributed by atoms with van der Waals surface area (Å²) in [6.07, 6.45) is 3.14. The Labute approximate surface area is 164 Å². The van der Waals surface area contributed by atoms with Crippen LogP contribution < -0.4 is 0 Å². The van der Waals surface area contributed by atoms with Crippen molar-refractivity contribution in [3.8, 4) is 0 Å². The van der Waals surface area contributed by atoms with Gasteiger partial charge < -0.3 is 14.2 Å². The van der Waals surface area contributed by atoms with E-state index < -0.39 is 41.3 Å². The predicted octanol–water partition coefficient (Wildman–Crippen LogP) is 2.31. The minimum absolute atomic E-state index is 0.118. The summed E-state index contributed by atoms with van der Waals surface area (Å²) >= 11 is 0. The van der Waals surface area contributed by atoms with Crippen LogP contribution in [0.15, 0.2) is 23.8 Å². The van der Waals surface area contributed by atoms with Gasteiger partial charge in [-0.1, -0.05) is 18.2 Å². The van der Waals surface area contributed by atoms with Crippen molar-refractivity contribution in [3.05, 3.63) is 23.8 Å². The maximum Gasteiger partial charge on any atom is 0.412 e. The molecule has 0 aromatic heterocycles. The Morgan fingerprint density at radius 3 is 2.46 bits per heavy atom. The molecule has 3 atom stereocenters. The lowest BCUT2D eigenvalue weighted by Crippen LogP contribution is -2.59. The molecule has 8 heteroatoms. The minimum atomic E-state index is -1.19. The molecule has 2 rings (SSSR count). The number of rotatable bonds is 5. The monoisotopic (exact) mass is 393 g/mol. The van der Waals surface area contributed by atoms with Gasteiger partial charge in [0.05, 0.1) is 18.2 Å². The molecule has 28 heavy (non-hydrogen) atoms. The van der Waals surface area contributed by atoms with E-state index in [2.05, 4.69) is 0 Å². The first-order chi connectivity index (χ1) is 12.9. The smallest absolute Gasteiger partial charge is 0.412 e. The van der Waals surface area contributed by atoms with Gasteiger partial charge in [0, 0.05) is 6.42 Å². The standard InChI is InChI=1S/C20H27NO7/c1-7-26-16(23)12(2)27-17(24)14-8-10-20(13(3)22)11-9-15(14)21(20)18(25)28-19(4,5)6/h8-9,11-12,15H,7,10H2,1-6H3/t12-,15+,20+/m0/s1. The molecule has 0 aromatic carbocycles. The van der Waals surface area contributed by atoms with Crippen LogP contribution >= 0.6 is 0 Å². The average molecular weight is 393 g/mol. The molecule has 2 aliphatic heterocycles. The highest BCUT2D eigenvalue weighted by atomic mass is 16.6. The zero-order valence-corrected chi connectivity index (χ0v) is 17.1. The zero-order valence-electron chi connectivity index (χ0n) is 17.1. The Bertz CT molecular complexity index is 746. The number of esters is 2. The molecule has 2 aliphatic rings. The highest BCUT2D eigenvalue weighted by Gasteiger charge is 2.54. The molecule has 0 radical (unpaired) electrons. The lowest BCUT2D eigenvalue weighted by molar-refractivity contribution is -0.164. The Kier molecular flexibility index (Phi) is 6.01. The summed E-state index contributed by atoms with van der Waals surface area (Å²) in [4.78, 5) is 50.8. The second-order valence-corrected chi connectivity index (χ2v) is 7.80. The number of hydrogen-bond acceptors (Lipinski definition) is 7. The molecule has 0 fully saturated rings. The van der Waals surface area contributed by atoms with Crippen molar-refractivity contribution in [2.24, 2.45) is 0 Å². The molecule has 0 aromatic rings. The van der Waals surface area contributed by atoms with Gasteiger partial charge in [-0.05, 0) is 41.5 Å². The third-order valence-corrected chi connectivity index (χ3v) is 4.55. The van der Waals surface area contributed by atoms with Crippen LogP contribution in [-0.2, 0) is 28.6 Å². The Hall–Kier alpha value is -2.64. The number of fused-ring (bicyclic) bond motifs is 2. The van der Waals surface area contributed by atoms with E-state index in [9.17, 15) is 19.2 Å². The van der Waals surface area contributed by atoms with E-state index >= 15 is 0 Å². The summed E-state index contributed by atoms with van der Waals surface area (Å²) in [7, 11) is 0. The van der Waals surface area contributed by atoms with Crippen LogP contribution in [0.2, 0.25) is 0 Å². The third kappa shape index (κ3) is 4.10. The first-order valence-electron chi connectivity index (χ1n) is 9.23. The van der Waals surface area contributed by atoms with Crippen molar-refractivity contribution in [2.75, 3.05) is 6.61 Å². The van der Waals surface area contributed by atoms with Crippen molar-refractivity contribution < 1.29 is 33.4 Å². The molecule has 154 valence electrons. The van der Waals surface area contributed by atoms with E-state index in [0.717, 1.165) is 0 Å². The van der Waals surface area contributed by atoms with Crippen molar-refractivity contribution in [2.45, 2.75) is 71.2 Å². The van der Waals surface area contributed by atoms with Crippen LogP contribution in [0.4, 0.5) is 4.79 Å². The first-order valence-corrected chi connectivity index (χ1v) is 9.23. The van der Waals surface area contributed by atoms with Crippen LogP contribution in [0.25, 0.3) is 0 Å². The fourth-order valence-corrected chi connectivity index (χ4v) is 3.22. The molecule has 0 N–H and O–H groups in total. The van der Waals surface area contributed by atoms with Crippen molar-refractivity contribution in [3.63, 3.8) is 0 Å². The van der Waals surface area contributed by atoms with Gasteiger partial charge in [0.2, 0.25) is 0 Å². The Morgan fingerprint density at radius 2 is 1.93 bits per heavy atom. The summed E-state index contributed by atoms with van der Waals surface area (Å²) in [6.45, 7) is 9.78. The minimum Gasteiger partial charge on any atom is -0.463 e. The normalized spacial score (nSPS) is 24.3. The fourth-order valence-electron chi connectivity index (χ4n) is 3.22. The van der Waals surface area contributed by atoms with Crippen LogP contribution in [0.1, 0.15) is 48.0 Å². The lowest BCUT2D eigenvalue weighted by Gasteiger charge is -2.42. The van der Waals surface area contributed by atoms with Gasteiger partial charge in [0.1, 0.15) is 11.1 Å². The topological polar surface area (TPSA) is 99.2 Å². The summed E-state index contributed by atoms with van der Waals surface area (Å²) in [5.74, 6) is -1.64. The third-order valence-electron chi connectivity index (χ3n) is 4.55. The molecule has 2 bridgehead atoms. The van der Waals surface area contributed by atoms with Crippen LogP contribution in [0, 0.1) is 0 Å². The lowest BCUT2D eigenvalue weighted by atomic mass is 9.86. The number of carbonyl (C=O) groups is 4. The Morgan fingerprint density at radius 1 is 1.29 bits per heavy atom. The van der Waals surface area contributed by atoms with E-state index in [1.54, 1.807) is 45.9 Å². The highest BCUT2D eigenvalue weighted by Crippen LogP contribution is 2.41. The highest BCUT2D eigenvalue weighted by molar-refractivity contribution is 5.99. The van der Waals surface area contributed by atoms with Crippen LogP contribution in [-0.4, -0.2) is 58.6 Å². The molecule has 0 saturated heterocycles. The van der Waals surface area contributed by atoms with E-state index in [0.29, 0.717) is 0 Å². The summed E-state index contributed by atoms with van der Waals surface area (Å²) in [5, 5.41) is 0. The largest absolute Gasteiger partial charge is 0.463 e. The zero-order chi connectivity index (χ0) is 21.3. The van der Waals surface area contributed by atoms with Crippen molar-refractivity contribution in [1.29, 1.82) is 0 Å². The molecular weight excluding hydrogens is 366 g/mol. The summed E-state index contributed by atoms with van der Waals surface area (Å²) < 4.78 is 15.5. The van der Waals surface area contributed by atoms with Crippen LogP contribution in [0.3, 0.4) is 0 Å². The SMILES string of the molecule is CCOC(=O)[C@H](C)OC(=O)C1=CC[C@]2(C(C)=O)C=C[C@H]1N2C(=O)OC(C)(C)C. The van der Waals surface area contributed by atoms with Crippen molar-refractivity contribution in [1.82, 2.24) is 4.90 Å². The van der Waals surface area contributed by atoms with E-state index in [4.69, 9.17) is 14.2 Å². The molecule has 2 heterocycles. The predicted molar refractivity (Wildman–Crippen MR) is 99.3 cm³/mol. The molecule has 1 amide bonds. The maximum absolute atomic E-state index is 12.8. The molecule has 8 nitrogen and oxygen atoms in total. The number of ketones is 1. The Balaban J connectivity index is 2.29. The van der Waals surface area contributed by atoms with E-state index in [-0.39, 0.29) is 24.4 Å².